The summed E-state index contributed by atoms with van der Waals surface area (Å²) in [7, 11) is 0. The van der Waals surface area contributed by atoms with Crippen LogP contribution in [-0.4, -0.2) is 10.1 Å². The highest BCUT2D eigenvalue weighted by molar-refractivity contribution is 7.15. The Hall–Kier alpha value is -1.59. The molecule has 1 aromatic carbocycles. The van der Waals surface area contributed by atoms with Crippen LogP contribution in [-0.2, 0) is 5.60 Å². The molecule has 19 heavy (non-hydrogen) atoms. The number of aromatic nitrogens is 1. The number of anilines is 2. The lowest BCUT2D eigenvalue weighted by Crippen LogP contribution is -2.33. The van der Waals surface area contributed by atoms with E-state index < -0.39 is 5.60 Å². The van der Waals surface area contributed by atoms with Crippen molar-refractivity contribution in [3.05, 3.63) is 28.9 Å². The Balaban J connectivity index is 2.03. The topological polar surface area (TPSA) is 85.2 Å². The molecule has 4 nitrogen and oxygen atoms in total. The van der Waals surface area contributed by atoms with Crippen molar-refractivity contribution in [2.24, 2.45) is 0 Å². The summed E-state index contributed by atoms with van der Waals surface area (Å²) in [5, 5.41) is 11.1. The highest BCUT2D eigenvalue weighted by atomic mass is 32.1. The average Bonchev–Trinajstić information content (AvgIpc) is 2.80. The summed E-state index contributed by atoms with van der Waals surface area (Å²) < 4.78 is 0. The molecular formula is C14H17N3OS. The minimum Gasteiger partial charge on any atom is -0.399 e. The van der Waals surface area contributed by atoms with Gasteiger partial charge in [-0.15, -0.1) is 11.3 Å². The number of nitrogens with two attached hydrogens (primary N) is 2. The quantitative estimate of drug-likeness (QED) is 0.735. The summed E-state index contributed by atoms with van der Waals surface area (Å²) in [6, 6.07) is 3.67. The van der Waals surface area contributed by atoms with Gasteiger partial charge in [-0.25, -0.2) is 4.98 Å². The van der Waals surface area contributed by atoms with Gasteiger partial charge >= 0.3 is 0 Å². The van der Waals surface area contributed by atoms with Crippen molar-refractivity contribution >= 4 is 22.7 Å². The summed E-state index contributed by atoms with van der Waals surface area (Å²) >= 11 is 1.53. The smallest absolute Gasteiger partial charge is 0.125 e. The second-order valence-corrected chi connectivity index (χ2v) is 6.23. The van der Waals surface area contributed by atoms with Gasteiger partial charge in [-0.1, -0.05) is 0 Å². The predicted octanol–water partition coefficient (Wildman–Crippen LogP) is 2.65. The van der Waals surface area contributed by atoms with E-state index in [0.717, 1.165) is 40.3 Å². The van der Waals surface area contributed by atoms with Crippen molar-refractivity contribution in [2.75, 3.05) is 11.5 Å². The number of nitrogens with zero attached hydrogens (tertiary/aromatic N) is 1. The second kappa shape index (κ2) is 4.21. The van der Waals surface area contributed by atoms with Crippen molar-refractivity contribution in [3.8, 4) is 10.4 Å². The SMILES string of the molecule is Cc1c(N)cc(N)cc1-c1cnc(C2(O)CCC2)s1. The van der Waals surface area contributed by atoms with Crippen molar-refractivity contribution in [2.45, 2.75) is 31.8 Å². The molecule has 5 heteroatoms. The van der Waals surface area contributed by atoms with Crippen LogP contribution in [0.2, 0.25) is 0 Å². The fraction of sp³-hybridized carbons (Fsp3) is 0.357. The van der Waals surface area contributed by atoms with Crippen LogP contribution < -0.4 is 11.5 Å². The number of hydrogen-bond donors (Lipinski definition) is 3. The number of rotatable bonds is 2. The van der Waals surface area contributed by atoms with Crippen LogP contribution in [0.5, 0.6) is 0 Å². The Kier molecular flexibility index (Phi) is 2.76. The zero-order valence-corrected chi connectivity index (χ0v) is 11.6. The van der Waals surface area contributed by atoms with E-state index in [4.69, 9.17) is 11.5 Å². The average molecular weight is 275 g/mol. The zero-order chi connectivity index (χ0) is 13.6. The highest BCUT2D eigenvalue weighted by Gasteiger charge is 2.39. The molecule has 5 N–H and O–H groups in total. The number of hydrogen-bond acceptors (Lipinski definition) is 5. The van der Waals surface area contributed by atoms with Crippen LogP contribution in [0.25, 0.3) is 10.4 Å². The zero-order valence-electron chi connectivity index (χ0n) is 10.8. The lowest BCUT2D eigenvalue weighted by Gasteiger charge is -2.34. The van der Waals surface area contributed by atoms with Crippen LogP contribution in [0.15, 0.2) is 18.3 Å². The van der Waals surface area contributed by atoms with Crippen LogP contribution in [0, 0.1) is 6.92 Å². The Morgan fingerprint density at radius 1 is 1.32 bits per heavy atom. The molecule has 0 amide bonds. The largest absolute Gasteiger partial charge is 0.399 e. The molecule has 1 aliphatic rings. The summed E-state index contributed by atoms with van der Waals surface area (Å²) in [6.45, 7) is 1.97. The maximum Gasteiger partial charge on any atom is 0.125 e. The third kappa shape index (κ3) is 1.99. The summed E-state index contributed by atoms with van der Waals surface area (Å²) in [5.74, 6) is 0. The minimum absolute atomic E-state index is 0.649. The van der Waals surface area contributed by atoms with Gasteiger partial charge in [-0.2, -0.15) is 0 Å². The summed E-state index contributed by atoms with van der Waals surface area (Å²) in [6.07, 6.45) is 4.48. The third-order valence-electron chi connectivity index (χ3n) is 3.82. The lowest BCUT2D eigenvalue weighted by molar-refractivity contribution is -0.0389. The molecule has 1 aromatic heterocycles. The Morgan fingerprint density at radius 3 is 2.68 bits per heavy atom. The van der Waals surface area contributed by atoms with Gasteiger partial charge in [0.1, 0.15) is 10.6 Å². The van der Waals surface area contributed by atoms with Gasteiger partial charge in [-0.3, -0.25) is 0 Å². The minimum atomic E-state index is -0.706. The summed E-state index contributed by atoms with van der Waals surface area (Å²) in [5.41, 5.74) is 14.4. The monoisotopic (exact) mass is 275 g/mol. The van der Waals surface area contributed by atoms with E-state index in [-0.39, 0.29) is 0 Å². The summed E-state index contributed by atoms with van der Waals surface area (Å²) in [4.78, 5) is 5.38. The molecule has 0 saturated heterocycles. The molecule has 0 radical (unpaired) electrons. The van der Waals surface area contributed by atoms with Gasteiger partial charge in [0, 0.05) is 23.1 Å². The van der Waals surface area contributed by atoms with Crippen LogP contribution in [0.4, 0.5) is 11.4 Å². The highest BCUT2D eigenvalue weighted by Crippen LogP contribution is 2.44. The van der Waals surface area contributed by atoms with Gasteiger partial charge in [0.15, 0.2) is 0 Å². The first-order valence-corrected chi connectivity index (χ1v) is 7.16. The van der Waals surface area contributed by atoms with Crippen LogP contribution in [0.1, 0.15) is 29.8 Å². The molecule has 100 valence electrons. The fourth-order valence-electron chi connectivity index (χ4n) is 2.36. The Bertz CT molecular complexity index is 632. The molecule has 1 heterocycles. The van der Waals surface area contributed by atoms with E-state index in [9.17, 15) is 5.11 Å². The van der Waals surface area contributed by atoms with Gasteiger partial charge in [0.2, 0.25) is 0 Å². The van der Waals surface area contributed by atoms with Crippen molar-refractivity contribution in [1.82, 2.24) is 4.98 Å². The number of aliphatic hydroxyl groups is 1. The van der Waals surface area contributed by atoms with E-state index in [1.807, 2.05) is 13.0 Å². The van der Waals surface area contributed by atoms with Gasteiger partial charge < -0.3 is 16.6 Å². The van der Waals surface area contributed by atoms with Gasteiger partial charge in [0.25, 0.3) is 0 Å². The molecule has 1 aliphatic carbocycles. The molecule has 0 spiro atoms. The number of benzene rings is 1. The number of nitrogen functional groups attached to an aromatic ring is 2. The molecule has 0 aliphatic heterocycles. The second-order valence-electron chi connectivity index (χ2n) is 5.20. The van der Waals surface area contributed by atoms with Gasteiger partial charge in [0.05, 0.1) is 4.88 Å². The van der Waals surface area contributed by atoms with E-state index >= 15 is 0 Å². The molecule has 0 unspecified atom stereocenters. The molecule has 2 aromatic rings. The first kappa shape index (κ1) is 12.4. The van der Waals surface area contributed by atoms with Crippen molar-refractivity contribution in [3.63, 3.8) is 0 Å². The third-order valence-corrected chi connectivity index (χ3v) is 5.04. The standard InChI is InChI=1S/C14H17N3OS/c1-8-10(5-9(15)6-11(8)16)12-7-17-13(19-12)14(18)3-2-4-14/h5-7,18H,2-4,15-16H2,1H3. The Morgan fingerprint density at radius 2 is 2.05 bits per heavy atom. The fourth-order valence-corrected chi connectivity index (χ4v) is 3.49. The maximum absolute atomic E-state index is 10.3. The molecular weight excluding hydrogens is 258 g/mol. The number of thiazole rings is 1. The predicted molar refractivity (Wildman–Crippen MR) is 78.9 cm³/mol. The molecule has 1 saturated carbocycles. The first-order valence-electron chi connectivity index (χ1n) is 6.34. The first-order chi connectivity index (χ1) is 8.99. The normalized spacial score (nSPS) is 17.2. The van der Waals surface area contributed by atoms with Crippen LogP contribution in [0.3, 0.4) is 0 Å². The van der Waals surface area contributed by atoms with Gasteiger partial charge in [-0.05, 0) is 43.9 Å². The van der Waals surface area contributed by atoms with E-state index in [1.54, 1.807) is 12.3 Å². The van der Waals surface area contributed by atoms with E-state index in [1.165, 1.54) is 11.3 Å². The molecule has 1 fully saturated rings. The molecule has 0 atom stereocenters. The molecule has 3 rings (SSSR count). The van der Waals surface area contributed by atoms with Crippen molar-refractivity contribution < 1.29 is 5.11 Å². The maximum atomic E-state index is 10.3. The van der Waals surface area contributed by atoms with Crippen LogP contribution >= 0.6 is 11.3 Å². The molecule has 0 bridgehead atoms. The van der Waals surface area contributed by atoms with E-state index in [0.29, 0.717) is 11.4 Å². The Labute approximate surface area is 116 Å². The van der Waals surface area contributed by atoms with Crippen molar-refractivity contribution in [1.29, 1.82) is 0 Å². The lowest BCUT2D eigenvalue weighted by atomic mass is 9.81. The van der Waals surface area contributed by atoms with E-state index in [2.05, 4.69) is 4.98 Å².